The molecule has 0 aliphatic carbocycles. The molecule has 0 saturated carbocycles. The lowest BCUT2D eigenvalue weighted by Gasteiger charge is -2.11. The van der Waals surface area contributed by atoms with E-state index in [9.17, 15) is 10.1 Å². The standard InChI is InChI=1S/C25H33NO3.C5H3NO/c1-2-3-4-5-6-7-8-9-12-21-29-25-14-11-10-13-23(25)18-15-22-16-19-24(20-17-22)26(27)28;1-2-6-5-3-4(1)7-5/h10-11,13-20H,2-9,12,21H2,1H3;1-3H. The lowest BCUT2D eigenvalue weighted by Crippen LogP contribution is -1.98. The number of nitrogens with zero attached hydrogens (tertiary/aromatic N) is 2. The van der Waals surface area contributed by atoms with Gasteiger partial charge in [-0.1, -0.05) is 88.6 Å². The minimum atomic E-state index is -0.386. The van der Waals surface area contributed by atoms with Crippen LogP contribution in [0.2, 0.25) is 0 Å². The second-order valence-electron chi connectivity index (χ2n) is 8.83. The van der Waals surface area contributed by atoms with Crippen molar-refractivity contribution >= 4 is 17.8 Å². The number of non-ortho nitro benzene ring substituents is 1. The Labute approximate surface area is 214 Å². The van der Waals surface area contributed by atoms with Crippen molar-refractivity contribution in [2.75, 3.05) is 6.61 Å². The van der Waals surface area contributed by atoms with Gasteiger partial charge in [-0.15, -0.1) is 0 Å². The highest BCUT2D eigenvalue weighted by atomic mass is 16.6. The minimum absolute atomic E-state index is 0.104. The summed E-state index contributed by atoms with van der Waals surface area (Å²) in [6.07, 6.45) is 17.4. The summed E-state index contributed by atoms with van der Waals surface area (Å²) in [5, 5.41) is 10.7. The normalized spacial score (nSPS) is 11.2. The first kappa shape index (κ1) is 26.9. The van der Waals surface area contributed by atoms with Gasteiger partial charge in [-0.05, 0) is 36.2 Å². The number of nitro groups is 1. The molecule has 2 aliphatic rings. The predicted octanol–water partition coefficient (Wildman–Crippen LogP) is 8.86. The van der Waals surface area contributed by atoms with E-state index in [-0.39, 0.29) is 10.6 Å². The molecule has 190 valence electrons. The van der Waals surface area contributed by atoms with Crippen LogP contribution in [-0.2, 0) is 0 Å². The number of para-hydroxylation sites is 1. The van der Waals surface area contributed by atoms with Crippen molar-refractivity contribution in [2.24, 2.45) is 0 Å². The van der Waals surface area contributed by atoms with E-state index in [1.165, 1.54) is 63.5 Å². The van der Waals surface area contributed by atoms with Crippen molar-refractivity contribution in [3.8, 4) is 17.4 Å². The summed E-state index contributed by atoms with van der Waals surface area (Å²) >= 11 is 0. The highest BCUT2D eigenvalue weighted by Gasteiger charge is 2.08. The lowest BCUT2D eigenvalue weighted by atomic mass is 10.1. The maximum atomic E-state index is 10.7. The number of unbranched alkanes of at least 4 members (excludes halogenated alkanes) is 8. The number of nitro benzene ring substituents is 1. The molecule has 2 aliphatic heterocycles. The summed E-state index contributed by atoms with van der Waals surface area (Å²) < 4.78 is 10.9. The molecule has 36 heavy (non-hydrogen) atoms. The molecule has 2 bridgehead atoms. The Morgan fingerprint density at radius 3 is 2.11 bits per heavy atom. The number of benzene rings is 2. The van der Waals surface area contributed by atoms with Gasteiger partial charge in [-0.3, -0.25) is 10.1 Å². The first-order chi connectivity index (χ1) is 17.7. The van der Waals surface area contributed by atoms with Crippen LogP contribution in [-0.4, -0.2) is 16.5 Å². The highest BCUT2D eigenvalue weighted by Crippen LogP contribution is 2.30. The Morgan fingerprint density at radius 1 is 0.889 bits per heavy atom. The number of aromatic nitrogens is 1. The van der Waals surface area contributed by atoms with Gasteiger partial charge in [0.1, 0.15) is 11.5 Å². The monoisotopic (exact) mass is 488 g/mol. The zero-order valence-corrected chi connectivity index (χ0v) is 21.1. The third kappa shape index (κ3) is 9.53. The van der Waals surface area contributed by atoms with E-state index in [4.69, 9.17) is 9.47 Å². The molecular formula is C30H36N2O4. The summed E-state index contributed by atoms with van der Waals surface area (Å²) in [6.45, 7) is 2.99. The van der Waals surface area contributed by atoms with Crippen LogP contribution in [0.25, 0.3) is 12.2 Å². The molecule has 3 aromatic rings. The van der Waals surface area contributed by atoms with Crippen LogP contribution in [0, 0.1) is 10.1 Å². The summed E-state index contributed by atoms with van der Waals surface area (Å²) in [7, 11) is 0. The first-order valence-corrected chi connectivity index (χ1v) is 12.9. The van der Waals surface area contributed by atoms with Gasteiger partial charge in [0.2, 0.25) is 5.88 Å². The summed E-state index contributed by atoms with van der Waals surface area (Å²) in [4.78, 5) is 14.2. The van der Waals surface area contributed by atoms with Gasteiger partial charge in [-0.2, -0.15) is 0 Å². The summed E-state index contributed by atoms with van der Waals surface area (Å²) in [5.74, 6) is 2.53. The maximum Gasteiger partial charge on any atom is 0.269 e. The Balaban J connectivity index is 0.000000433. The fraction of sp³-hybridized carbons (Fsp3) is 0.367. The molecule has 0 amide bonds. The molecule has 0 spiro atoms. The van der Waals surface area contributed by atoms with Crippen LogP contribution in [0.5, 0.6) is 17.4 Å². The van der Waals surface area contributed by atoms with Crippen LogP contribution in [0.4, 0.5) is 5.69 Å². The third-order valence-electron chi connectivity index (χ3n) is 5.91. The average molecular weight is 489 g/mol. The Bertz CT molecular complexity index is 1070. The third-order valence-corrected chi connectivity index (χ3v) is 5.91. The molecule has 6 nitrogen and oxygen atoms in total. The van der Waals surface area contributed by atoms with Crippen molar-refractivity contribution in [1.29, 1.82) is 0 Å². The molecule has 5 rings (SSSR count). The molecular weight excluding hydrogens is 452 g/mol. The van der Waals surface area contributed by atoms with Crippen molar-refractivity contribution < 1.29 is 14.4 Å². The fourth-order valence-corrected chi connectivity index (χ4v) is 3.81. The molecule has 6 heteroatoms. The SMILES string of the molecule is CCCCCCCCCCCOc1ccccc1C=Cc1ccc([N+](=O)[O-])cc1.c1cc2cc(n1)O2. The number of hydrogen-bond acceptors (Lipinski definition) is 5. The smallest absolute Gasteiger partial charge is 0.269 e. The van der Waals surface area contributed by atoms with Gasteiger partial charge in [0.05, 0.1) is 11.5 Å². The Kier molecular flexibility index (Phi) is 11.5. The van der Waals surface area contributed by atoms with Gasteiger partial charge in [0, 0.05) is 30.0 Å². The number of ether oxygens (including phenoxy) is 2. The summed E-state index contributed by atoms with van der Waals surface area (Å²) in [6, 6.07) is 18.2. The van der Waals surface area contributed by atoms with Gasteiger partial charge in [0.25, 0.3) is 5.69 Å². The largest absolute Gasteiger partial charge is 0.493 e. The molecule has 2 aromatic carbocycles. The Morgan fingerprint density at radius 2 is 1.56 bits per heavy atom. The molecule has 1 aromatic heterocycles. The van der Waals surface area contributed by atoms with Crippen LogP contribution in [0.15, 0.2) is 66.9 Å². The van der Waals surface area contributed by atoms with E-state index in [1.54, 1.807) is 18.3 Å². The van der Waals surface area contributed by atoms with Gasteiger partial charge in [-0.25, -0.2) is 4.98 Å². The van der Waals surface area contributed by atoms with Crippen LogP contribution < -0.4 is 9.47 Å². The zero-order chi connectivity index (χ0) is 25.4. The molecule has 0 radical (unpaired) electrons. The van der Waals surface area contributed by atoms with E-state index in [2.05, 4.69) is 11.9 Å². The van der Waals surface area contributed by atoms with Crippen molar-refractivity contribution in [2.45, 2.75) is 64.7 Å². The molecule has 3 heterocycles. The Hall–Kier alpha value is -3.67. The van der Waals surface area contributed by atoms with Crippen molar-refractivity contribution in [3.63, 3.8) is 0 Å². The number of fused-ring (bicyclic) bond motifs is 2. The molecule has 0 atom stereocenters. The zero-order valence-electron chi connectivity index (χ0n) is 21.1. The fourth-order valence-electron chi connectivity index (χ4n) is 3.81. The van der Waals surface area contributed by atoms with E-state index in [1.807, 2.05) is 48.6 Å². The lowest BCUT2D eigenvalue weighted by molar-refractivity contribution is -0.384. The van der Waals surface area contributed by atoms with E-state index < -0.39 is 0 Å². The molecule has 0 fully saturated rings. The number of pyridine rings is 1. The van der Waals surface area contributed by atoms with Gasteiger partial charge in [0.15, 0.2) is 0 Å². The van der Waals surface area contributed by atoms with E-state index in [0.29, 0.717) is 0 Å². The summed E-state index contributed by atoms with van der Waals surface area (Å²) in [5.41, 5.74) is 2.04. The number of rotatable bonds is 14. The van der Waals surface area contributed by atoms with Crippen LogP contribution in [0.3, 0.4) is 0 Å². The van der Waals surface area contributed by atoms with Gasteiger partial charge < -0.3 is 9.47 Å². The minimum Gasteiger partial charge on any atom is -0.493 e. The predicted molar refractivity (Wildman–Crippen MR) is 145 cm³/mol. The van der Waals surface area contributed by atoms with Crippen LogP contribution >= 0.6 is 0 Å². The molecule has 0 N–H and O–H groups in total. The van der Waals surface area contributed by atoms with E-state index >= 15 is 0 Å². The van der Waals surface area contributed by atoms with Crippen molar-refractivity contribution in [3.05, 3.63) is 88.1 Å². The number of hydrogen-bond donors (Lipinski definition) is 0. The van der Waals surface area contributed by atoms with Crippen LogP contribution in [0.1, 0.15) is 75.8 Å². The topological polar surface area (TPSA) is 74.5 Å². The second-order valence-corrected chi connectivity index (χ2v) is 8.83. The van der Waals surface area contributed by atoms with E-state index in [0.717, 1.165) is 41.5 Å². The highest BCUT2D eigenvalue weighted by molar-refractivity contribution is 5.72. The second kappa shape index (κ2) is 15.4. The maximum absolute atomic E-state index is 10.7. The molecule has 0 saturated heterocycles. The quantitative estimate of drug-likeness (QED) is 0.0767. The van der Waals surface area contributed by atoms with Gasteiger partial charge >= 0.3 is 0 Å². The molecule has 0 unspecified atom stereocenters. The first-order valence-electron chi connectivity index (χ1n) is 12.9. The average Bonchev–Trinajstić information content (AvgIpc) is 2.90. The van der Waals surface area contributed by atoms with Crippen molar-refractivity contribution in [1.82, 2.24) is 4.98 Å².